The Morgan fingerprint density at radius 2 is 2.08 bits per heavy atom. The van der Waals surface area contributed by atoms with Gasteiger partial charge in [0.25, 0.3) is 5.91 Å². The van der Waals surface area contributed by atoms with Crippen LogP contribution in [0.1, 0.15) is 23.2 Å². The number of nitrogens with one attached hydrogen (secondary N) is 1. The van der Waals surface area contributed by atoms with Gasteiger partial charge in [0.15, 0.2) is 0 Å². The lowest BCUT2D eigenvalue weighted by molar-refractivity contribution is 0.0415. The van der Waals surface area contributed by atoms with Gasteiger partial charge in [-0.2, -0.15) is 0 Å². The van der Waals surface area contributed by atoms with E-state index in [1.807, 2.05) is 36.4 Å². The Hall–Kier alpha value is -2.24. The number of hydrogen-bond acceptors (Lipinski definition) is 4. The van der Waals surface area contributed by atoms with E-state index in [4.69, 9.17) is 9.47 Å². The summed E-state index contributed by atoms with van der Waals surface area (Å²) in [4.78, 5) is 16.5. The molecule has 1 aromatic heterocycles. The van der Waals surface area contributed by atoms with Crippen molar-refractivity contribution >= 4 is 5.91 Å². The third-order valence-electron chi connectivity index (χ3n) is 4.01. The van der Waals surface area contributed by atoms with Crippen molar-refractivity contribution in [1.82, 2.24) is 10.3 Å². The number of carbonyl (C=O) groups excluding carboxylic acids is 1. The SMILES string of the molecule is O=C(NCCCOC1CCOC1)c1ccccc1-c1ccncc1. The molecule has 1 atom stereocenters. The number of hydrogen-bond donors (Lipinski definition) is 1. The van der Waals surface area contributed by atoms with Crippen molar-refractivity contribution in [2.24, 2.45) is 0 Å². The van der Waals surface area contributed by atoms with E-state index in [0.717, 1.165) is 30.6 Å². The number of aromatic nitrogens is 1. The smallest absolute Gasteiger partial charge is 0.251 e. The molecule has 1 fully saturated rings. The fourth-order valence-electron chi connectivity index (χ4n) is 2.73. The largest absolute Gasteiger partial charge is 0.379 e. The highest BCUT2D eigenvalue weighted by atomic mass is 16.5. The highest BCUT2D eigenvalue weighted by Crippen LogP contribution is 2.22. The van der Waals surface area contributed by atoms with E-state index in [0.29, 0.717) is 25.3 Å². The summed E-state index contributed by atoms with van der Waals surface area (Å²) in [6, 6.07) is 11.4. The van der Waals surface area contributed by atoms with Crippen molar-refractivity contribution < 1.29 is 14.3 Å². The fourth-order valence-corrected chi connectivity index (χ4v) is 2.73. The van der Waals surface area contributed by atoms with E-state index in [9.17, 15) is 4.79 Å². The number of rotatable bonds is 7. The van der Waals surface area contributed by atoms with E-state index in [1.165, 1.54) is 0 Å². The van der Waals surface area contributed by atoms with Gasteiger partial charge in [-0.05, 0) is 42.2 Å². The second-order valence-electron chi connectivity index (χ2n) is 5.75. The van der Waals surface area contributed by atoms with Crippen molar-refractivity contribution in [3.05, 3.63) is 54.4 Å². The molecule has 1 aromatic carbocycles. The van der Waals surface area contributed by atoms with Gasteiger partial charge in [0.1, 0.15) is 0 Å². The van der Waals surface area contributed by atoms with Crippen LogP contribution in [-0.4, -0.2) is 43.4 Å². The number of pyridine rings is 1. The molecular weight excluding hydrogens is 304 g/mol. The molecule has 0 spiro atoms. The zero-order valence-electron chi connectivity index (χ0n) is 13.6. The van der Waals surface area contributed by atoms with Gasteiger partial charge in [0, 0.05) is 37.7 Å². The summed E-state index contributed by atoms with van der Waals surface area (Å²) >= 11 is 0. The van der Waals surface area contributed by atoms with Crippen LogP contribution < -0.4 is 5.32 Å². The summed E-state index contributed by atoms with van der Waals surface area (Å²) in [5.74, 6) is -0.0633. The molecular formula is C19H22N2O3. The van der Waals surface area contributed by atoms with Gasteiger partial charge in [-0.25, -0.2) is 0 Å². The molecule has 1 aliphatic heterocycles. The van der Waals surface area contributed by atoms with Crippen molar-refractivity contribution in [1.29, 1.82) is 0 Å². The third-order valence-corrected chi connectivity index (χ3v) is 4.01. The minimum absolute atomic E-state index is 0.0633. The minimum atomic E-state index is -0.0633. The molecule has 0 saturated carbocycles. The molecule has 2 heterocycles. The Morgan fingerprint density at radius 3 is 2.88 bits per heavy atom. The van der Waals surface area contributed by atoms with Gasteiger partial charge in [0.2, 0.25) is 0 Å². The zero-order valence-corrected chi connectivity index (χ0v) is 13.6. The molecule has 1 unspecified atom stereocenters. The molecule has 1 aliphatic rings. The molecule has 24 heavy (non-hydrogen) atoms. The van der Waals surface area contributed by atoms with E-state index in [-0.39, 0.29) is 12.0 Å². The summed E-state index contributed by atoms with van der Waals surface area (Å²) in [5, 5.41) is 2.97. The second kappa shape index (κ2) is 8.57. The van der Waals surface area contributed by atoms with Crippen LogP contribution in [-0.2, 0) is 9.47 Å². The average molecular weight is 326 g/mol. The molecule has 126 valence electrons. The van der Waals surface area contributed by atoms with E-state index >= 15 is 0 Å². The molecule has 2 aromatic rings. The summed E-state index contributed by atoms with van der Waals surface area (Å²) in [6.45, 7) is 2.70. The Bertz CT molecular complexity index is 655. The van der Waals surface area contributed by atoms with Crippen LogP contribution in [0, 0.1) is 0 Å². The van der Waals surface area contributed by atoms with Crippen LogP contribution in [0.3, 0.4) is 0 Å². The van der Waals surface area contributed by atoms with Crippen LogP contribution in [0.25, 0.3) is 11.1 Å². The van der Waals surface area contributed by atoms with E-state index in [1.54, 1.807) is 12.4 Å². The number of carbonyl (C=O) groups is 1. The Kier molecular flexibility index (Phi) is 5.93. The topological polar surface area (TPSA) is 60.5 Å². The number of benzene rings is 1. The molecule has 3 rings (SSSR count). The van der Waals surface area contributed by atoms with E-state index in [2.05, 4.69) is 10.3 Å². The quantitative estimate of drug-likeness (QED) is 0.795. The molecule has 1 saturated heterocycles. The lowest BCUT2D eigenvalue weighted by atomic mass is 10.0. The van der Waals surface area contributed by atoms with Crippen molar-refractivity contribution in [3.63, 3.8) is 0 Å². The predicted octanol–water partition coefficient (Wildman–Crippen LogP) is 2.67. The van der Waals surface area contributed by atoms with E-state index < -0.39 is 0 Å². The molecule has 1 N–H and O–H groups in total. The lowest BCUT2D eigenvalue weighted by Gasteiger charge is -2.12. The van der Waals surface area contributed by atoms with Gasteiger partial charge in [0.05, 0.1) is 12.7 Å². The van der Waals surface area contributed by atoms with Gasteiger partial charge >= 0.3 is 0 Å². The molecule has 0 aliphatic carbocycles. The standard InChI is InChI=1S/C19H22N2O3/c22-19(21-9-3-12-24-16-8-13-23-14-16)18-5-2-1-4-17(18)15-6-10-20-11-7-15/h1-2,4-7,10-11,16H,3,8-9,12-14H2,(H,21,22). The number of amides is 1. The van der Waals surface area contributed by atoms with Crippen molar-refractivity contribution in [3.8, 4) is 11.1 Å². The van der Waals surface area contributed by atoms with Crippen molar-refractivity contribution in [2.45, 2.75) is 18.9 Å². The summed E-state index contributed by atoms with van der Waals surface area (Å²) < 4.78 is 11.0. The maximum absolute atomic E-state index is 12.5. The molecule has 5 heteroatoms. The highest BCUT2D eigenvalue weighted by Gasteiger charge is 2.15. The van der Waals surface area contributed by atoms with Crippen LogP contribution in [0.15, 0.2) is 48.8 Å². The van der Waals surface area contributed by atoms with Gasteiger partial charge in [-0.1, -0.05) is 18.2 Å². The Balaban J connectivity index is 1.52. The Labute approximate surface area is 142 Å². The van der Waals surface area contributed by atoms with Gasteiger partial charge in [-0.15, -0.1) is 0 Å². The normalized spacial score (nSPS) is 16.9. The minimum Gasteiger partial charge on any atom is -0.379 e. The van der Waals surface area contributed by atoms with Gasteiger partial charge < -0.3 is 14.8 Å². The number of nitrogens with zero attached hydrogens (tertiary/aromatic N) is 1. The summed E-state index contributed by atoms with van der Waals surface area (Å²) in [5.41, 5.74) is 2.57. The zero-order chi connectivity index (χ0) is 16.6. The first-order valence-corrected chi connectivity index (χ1v) is 8.31. The monoisotopic (exact) mass is 326 g/mol. The summed E-state index contributed by atoms with van der Waals surface area (Å²) in [7, 11) is 0. The number of ether oxygens (including phenoxy) is 2. The Morgan fingerprint density at radius 1 is 1.25 bits per heavy atom. The third kappa shape index (κ3) is 4.40. The maximum Gasteiger partial charge on any atom is 0.251 e. The maximum atomic E-state index is 12.5. The van der Waals surface area contributed by atoms with Crippen LogP contribution in [0.5, 0.6) is 0 Å². The van der Waals surface area contributed by atoms with Crippen molar-refractivity contribution in [2.75, 3.05) is 26.4 Å². The highest BCUT2D eigenvalue weighted by molar-refractivity contribution is 6.00. The molecule has 0 bridgehead atoms. The van der Waals surface area contributed by atoms with Gasteiger partial charge in [-0.3, -0.25) is 9.78 Å². The molecule has 0 radical (unpaired) electrons. The second-order valence-corrected chi connectivity index (χ2v) is 5.75. The first kappa shape index (κ1) is 16.6. The molecule has 1 amide bonds. The van der Waals surface area contributed by atoms with Crippen LogP contribution >= 0.6 is 0 Å². The lowest BCUT2D eigenvalue weighted by Crippen LogP contribution is -2.26. The summed E-state index contributed by atoms with van der Waals surface area (Å²) in [6.07, 6.45) is 5.43. The predicted molar refractivity (Wildman–Crippen MR) is 91.8 cm³/mol. The molecule has 5 nitrogen and oxygen atoms in total. The average Bonchev–Trinajstić information content (AvgIpc) is 3.15. The van der Waals surface area contributed by atoms with Crippen LogP contribution in [0.2, 0.25) is 0 Å². The first-order chi connectivity index (χ1) is 11.8. The fraction of sp³-hybridized carbons (Fsp3) is 0.368. The first-order valence-electron chi connectivity index (χ1n) is 8.31. The van der Waals surface area contributed by atoms with Crippen LogP contribution in [0.4, 0.5) is 0 Å².